The summed E-state index contributed by atoms with van der Waals surface area (Å²) in [7, 11) is 1.46. The van der Waals surface area contributed by atoms with E-state index in [-0.39, 0.29) is 29.6 Å². The number of hydrogen-bond acceptors (Lipinski definition) is 6. The van der Waals surface area contributed by atoms with Crippen molar-refractivity contribution in [2.24, 2.45) is 5.92 Å². The number of amides is 2. The van der Waals surface area contributed by atoms with Gasteiger partial charge in [-0.25, -0.2) is 9.48 Å². The third-order valence-corrected chi connectivity index (χ3v) is 5.48. The Bertz CT molecular complexity index is 1310. The lowest BCUT2D eigenvalue weighted by Crippen LogP contribution is -2.37. The molecule has 2 amide bonds. The molecule has 1 heterocycles. The quantitative estimate of drug-likeness (QED) is 0.499. The number of nitrogens with one attached hydrogen (secondary N) is 1. The number of aryl methyl sites for hydroxylation is 2. The van der Waals surface area contributed by atoms with Gasteiger partial charge in [-0.15, -0.1) is 0 Å². The van der Waals surface area contributed by atoms with Gasteiger partial charge in [0.05, 0.1) is 11.9 Å². The van der Waals surface area contributed by atoms with Crippen molar-refractivity contribution in [2.45, 2.75) is 34.2 Å². The van der Waals surface area contributed by atoms with Gasteiger partial charge in [-0.05, 0) is 37.0 Å². The molecule has 0 atom stereocenters. The Morgan fingerprint density at radius 1 is 1.03 bits per heavy atom. The van der Waals surface area contributed by atoms with Crippen molar-refractivity contribution in [1.82, 2.24) is 14.7 Å². The number of anilines is 1. The van der Waals surface area contributed by atoms with E-state index in [0.29, 0.717) is 23.0 Å². The van der Waals surface area contributed by atoms with E-state index in [2.05, 4.69) is 10.4 Å². The second kappa shape index (κ2) is 10.9. The van der Waals surface area contributed by atoms with E-state index >= 15 is 0 Å². The SMILES string of the molecule is Cc1cccc(C)c1NC(=O)CN(C)C(=O)COC(=O)c1nn(CC(C)C)c(=O)c2ccccc12. The summed E-state index contributed by atoms with van der Waals surface area (Å²) >= 11 is 0. The first-order chi connectivity index (χ1) is 16.6. The molecular weight excluding hydrogens is 448 g/mol. The molecule has 1 N–H and O–H groups in total. The van der Waals surface area contributed by atoms with Gasteiger partial charge in [-0.1, -0.05) is 50.2 Å². The highest BCUT2D eigenvalue weighted by molar-refractivity contribution is 6.02. The summed E-state index contributed by atoms with van der Waals surface area (Å²) in [6.45, 7) is 7.22. The van der Waals surface area contributed by atoms with Crippen LogP contribution in [0.2, 0.25) is 0 Å². The molecule has 184 valence electrons. The minimum atomic E-state index is -0.819. The van der Waals surface area contributed by atoms with Crippen molar-refractivity contribution in [1.29, 1.82) is 0 Å². The van der Waals surface area contributed by atoms with E-state index in [0.717, 1.165) is 11.1 Å². The number of aromatic nitrogens is 2. The third kappa shape index (κ3) is 6.11. The maximum absolute atomic E-state index is 12.8. The number of fused-ring (bicyclic) bond motifs is 1. The minimum Gasteiger partial charge on any atom is -0.451 e. The Morgan fingerprint density at radius 3 is 2.29 bits per heavy atom. The molecule has 0 saturated heterocycles. The van der Waals surface area contributed by atoms with E-state index < -0.39 is 18.5 Å². The zero-order chi connectivity index (χ0) is 25.7. The highest BCUT2D eigenvalue weighted by Gasteiger charge is 2.21. The lowest BCUT2D eigenvalue weighted by molar-refractivity contribution is -0.136. The van der Waals surface area contributed by atoms with Crippen molar-refractivity contribution in [3.05, 3.63) is 69.6 Å². The highest BCUT2D eigenvalue weighted by atomic mass is 16.5. The minimum absolute atomic E-state index is 0.0379. The normalized spacial score (nSPS) is 10.9. The zero-order valence-corrected chi connectivity index (χ0v) is 20.6. The van der Waals surface area contributed by atoms with Crippen LogP contribution in [0.4, 0.5) is 5.69 Å². The monoisotopic (exact) mass is 478 g/mol. The van der Waals surface area contributed by atoms with Crippen molar-refractivity contribution in [3.63, 3.8) is 0 Å². The molecule has 9 heteroatoms. The first kappa shape index (κ1) is 25.6. The molecule has 35 heavy (non-hydrogen) atoms. The first-order valence-corrected chi connectivity index (χ1v) is 11.4. The fourth-order valence-electron chi connectivity index (χ4n) is 3.66. The third-order valence-electron chi connectivity index (χ3n) is 5.48. The van der Waals surface area contributed by atoms with E-state index in [1.54, 1.807) is 24.3 Å². The Kier molecular flexibility index (Phi) is 8.01. The number of esters is 1. The standard InChI is InChI=1S/C26H30N4O5/c1-16(2)13-30-25(33)20-12-7-6-11-19(20)24(28-30)26(34)35-15-22(32)29(5)14-21(31)27-23-17(3)9-8-10-18(23)4/h6-12,16H,13-15H2,1-5H3,(H,27,31). The van der Waals surface area contributed by atoms with Crippen molar-refractivity contribution in [3.8, 4) is 0 Å². The van der Waals surface area contributed by atoms with Crippen molar-refractivity contribution < 1.29 is 19.1 Å². The molecule has 0 aliphatic heterocycles. The number of hydrogen-bond donors (Lipinski definition) is 1. The van der Waals surface area contributed by atoms with Gasteiger partial charge in [0.2, 0.25) is 5.91 Å². The van der Waals surface area contributed by atoms with Gasteiger partial charge in [0.25, 0.3) is 11.5 Å². The van der Waals surface area contributed by atoms with Crippen LogP contribution in [-0.4, -0.2) is 52.7 Å². The van der Waals surface area contributed by atoms with Crippen LogP contribution in [0, 0.1) is 19.8 Å². The number of ether oxygens (including phenoxy) is 1. The molecule has 0 spiro atoms. The molecule has 0 fully saturated rings. The molecule has 0 aliphatic carbocycles. The predicted octanol–water partition coefficient (Wildman–Crippen LogP) is 2.92. The number of para-hydroxylation sites is 1. The maximum Gasteiger partial charge on any atom is 0.359 e. The van der Waals surface area contributed by atoms with Crippen LogP contribution in [0.1, 0.15) is 35.5 Å². The highest BCUT2D eigenvalue weighted by Crippen LogP contribution is 2.19. The number of carbonyl (C=O) groups excluding carboxylic acids is 3. The summed E-state index contributed by atoms with van der Waals surface area (Å²) in [6.07, 6.45) is 0. The lowest BCUT2D eigenvalue weighted by atomic mass is 10.1. The average molecular weight is 479 g/mol. The molecule has 0 bridgehead atoms. The summed E-state index contributed by atoms with van der Waals surface area (Å²) in [5.74, 6) is -1.59. The molecule has 0 unspecified atom stereocenters. The molecule has 3 rings (SSSR count). The maximum atomic E-state index is 12.8. The van der Waals surface area contributed by atoms with Gasteiger partial charge in [-0.2, -0.15) is 5.10 Å². The second-order valence-electron chi connectivity index (χ2n) is 8.92. The second-order valence-corrected chi connectivity index (χ2v) is 8.92. The molecule has 1 aromatic heterocycles. The number of carbonyl (C=O) groups is 3. The van der Waals surface area contributed by atoms with Crippen LogP contribution < -0.4 is 10.9 Å². The molecule has 0 radical (unpaired) electrons. The Balaban J connectivity index is 1.68. The van der Waals surface area contributed by atoms with E-state index in [1.165, 1.54) is 16.6 Å². The largest absolute Gasteiger partial charge is 0.451 e. The fourth-order valence-corrected chi connectivity index (χ4v) is 3.66. The van der Waals surface area contributed by atoms with Gasteiger partial charge in [0.15, 0.2) is 12.3 Å². The van der Waals surface area contributed by atoms with E-state index in [1.807, 2.05) is 45.9 Å². The molecule has 0 saturated carbocycles. The Labute approximate surface area is 203 Å². The predicted molar refractivity (Wildman–Crippen MR) is 133 cm³/mol. The lowest BCUT2D eigenvalue weighted by Gasteiger charge is -2.18. The summed E-state index contributed by atoms with van der Waals surface area (Å²) in [6, 6.07) is 12.3. The van der Waals surface area contributed by atoms with Gasteiger partial charge < -0.3 is 15.0 Å². The summed E-state index contributed by atoms with van der Waals surface area (Å²) in [5, 5.41) is 7.74. The van der Waals surface area contributed by atoms with Crippen molar-refractivity contribution in [2.75, 3.05) is 25.5 Å². The molecular formula is C26H30N4O5. The first-order valence-electron chi connectivity index (χ1n) is 11.4. The smallest absolute Gasteiger partial charge is 0.359 e. The zero-order valence-electron chi connectivity index (χ0n) is 20.6. The van der Waals surface area contributed by atoms with Gasteiger partial charge in [0, 0.05) is 24.7 Å². The van der Waals surface area contributed by atoms with Gasteiger partial charge in [0.1, 0.15) is 0 Å². The van der Waals surface area contributed by atoms with Crippen LogP contribution in [0.15, 0.2) is 47.3 Å². The van der Waals surface area contributed by atoms with Crippen LogP contribution in [0.3, 0.4) is 0 Å². The number of likely N-dealkylation sites (N-methyl/N-ethyl adjacent to an activating group) is 1. The topological polar surface area (TPSA) is 111 Å². The molecule has 2 aromatic carbocycles. The average Bonchev–Trinajstić information content (AvgIpc) is 2.81. The Hall–Kier alpha value is -4.01. The number of rotatable bonds is 8. The van der Waals surface area contributed by atoms with Gasteiger partial charge >= 0.3 is 5.97 Å². The van der Waals surface area contributed by atoms with Gasteiger partial charge in [-0.3, -0.25) is 14.4 Å². The van der Waals surface area contributed by atoms with E-state index in [4.69, 9.17) is 4.74 Å². The number of nitrogens with zero attached hydrogens (tertiary/aromatic N) is 3. The fraction of sp³-hybridized carbons (Fsp3) is 0.346. The van der Waals surface area contributed by atoms with Crippen molar-refractivity contribution >= 4 is 34.2 Å². The summed E-state index contributed by atoms with van der Waals surface area (Å²) in [5.41, 5.74) is 2.21. The van der Waals surface area contributed by atoms with Crippen LogP contribution >= 0.6 is 0 Å². The molecule has 9 nitrogen and oxygen atoms in total. The van der Waals surface area contributed by atoms with Crippen LogP contribution in [0.25, 0.3) is 10.8 Å². The molecule has 3 aromatic rings. The Morgan fingerprint density at radius 2 is 1.66 bits per heavy atom. The summed E-state index contributed by atoms with van der Waals surface area (Å²) < 4.78 is 6.46. The van der Waals surface area contributed by atoms with E-state index in [9.17, 15) is 19.2 Å². The van der Waals surface area contributed by atoms with Crippen LogP contribution in [0.5, 0.6) is 0 Å². The number of benzene rings is 2. The van der Waals surface area contributed by atoms with Crippen LogP contribution in [-0.2, 0) is 20.9 Å². The summed E-state index contributed by atoms with van der Waals surface area (Å²) in [4.78, 5) is 51.7. The molecule has 0 aliphatic rings.